The lowest BCUT2D eigenvalue weighted by Crippen LogP contribution is -2.45. The molecule has 0 fully saturated rings. The molecule has 20 heavy (non-hydrogen) atoms. The molecule has 4 nitrogen and oxygen atoms in total. The third kappa shape index (κ3) is 5.31. The standard InChI is InChI=1S/C16H26N2O2/c1-12(2)15(14-8-6-5-7-9-14)18-13(3)16(19)17-10-11-20-4/h5-9,12-13,15,18H,10-11H2,1-4H3,(H,17,19). The zero-order chi connectivity index (χ0) is 15.0. The maximum Gasteiger partial charge on any atom is 0.236 e. The molecule has 2 atom stereocenters. The van der Waals surface area contributed by atoms with E-state index in [2.05, 4.69) is 36.6 Å². The van der Waals surface area contributed by atoms with Crippen LogP contribution in [0.4, 0.5) is 0 Å². The van der Waals surface area contributed by atoms with Crippen LogP contribution in [0.5, 0.6) is 0 Å². The van der Waals surface area contributed by atoms with Gasteiger partial charge in [-0.2, -0.15) is 0 Å². The lowest BCUT2D eigenvalue weighted by Gasteiger charge is -2.26. The first-order valence-electron chi connectivity index (χ1n) is 7.14. The van der Waals surface area contributed by atoms with E-state index < -0.39 is 0 Å². The maximum absolute atomic E-state index is 12.0. The maximum atomic E-state index is 12.0. The molecule has 4 heteroatoms. The summed E-state index contributed by atoms with van der Waals surface area (Å²) in [6.07, 6.45) is 0. The van der Waals surface area contributed by atoms with E-state index in [-0.39, 0.29) is 18.0 Å². The van der Waals surface area contributed by atoms with Gasteiger partial charge in [0.25, 0.3) is 0 Å². The number of methoxy groups -OCH3 is 1. The number of carbonyl (C=O) groups excluding carboxylic acids is 1. The molecule has 0 heterocycles. The number of hydrogen-bond donors (Lipinski definition) is 2. The second kappa shape index (κ2) is 8.72. The van der Waals surface area contributed by atoms with Crippen molar-refractivity contribution in [3.63, 3.8) is 0 Å². The highest BCUT2D eigenvalue weighted by Gasteiger charge is 2.21. The molecule has 0 spiro atoms. The fourth-order valence-electron chi connectivity index (χ4n) is 2.11. The van der Waals surface area contributed by atoms with Gasteiger partial charge in [0.05, 0.1) is 12.6 Å². The van der Waals surface area contributed by atoms with Gasteiger partial charge in [-0.05, 0) is 18.4 Å². The van der Waals surface area contributed by atoms with Crippen molar-refractivity contribution in [2.45, 2.75) is 32.9 Å². The van der Waals surface area contributed by atoms with Crippen LogP contribution in [-0.2, 0) is 9.53 Å². The van der Waals surface area contributed by atoms with Gasteiger partial charge < -0.3 is 10.1 Å². The summed E-state index contributed by atoms with van der Waals surface area (Å²) in [5, 5.41) is 6.26. The molecule has 0 aliphatic heterocycles. The van der Waals surface area contributed by atoms with Gasteiger partial charge in [0.1, 0.15) is 0 Å². The molecule has 0 bridgehead atoms. The SMILES string of the molecule is COCCNC(=O)C(C)NC(c1ccccc1)C(C)C. The van der Waals surface area contributed by atoms with Crippen molar-refractivity contribution in [2.75, 3.05) is 20.3 Å². The average Bonchev–Trinajstić information content (AvgIpc) is 2.45. The Morgan fingerprint density at radius 3 is 2.40 bits per heavy atom. The molecule has 0 aromatic heterocycles. The van der Waals surface area contributed by atoms with Gasteiger partial charge in [0, 0.05) is 19.7 Å². The van der Waals surface area contributed by atoms with Crippen molar-refractivity contribution >= 4 is 5.91 Å². The molecule has 0 saturated heterocycles. The van der Waals surface area contributed by atoms with Gasteiger partial charge in [-0.3, -0.25) is 10.1 Å². The molecule has 112 valence electrons. The lowest BCUT2D eigenvalue weighted by molar-refractivity contribution is -0.123. The van der Waals surface area contributed by atoms with Crippen LogP contribution in [0, 0.1) is 5.92 Å². The van der Waals surface area contributed by atoms with Crippen molar-refractivity contribution in [1.82, 2.24) is 10.6 Å². The Labute approximate surface area is 121 Å². The van der Waals surface area contributed by atoms with Crippen molar-refractivity contribution in [2.24, 2.45) is 5.92 Å². The van der Waals surface area contributed by atoms with E-state index in [0.717, 1.165) is 0 Å². The molecule has 0 aliphatic carbocycles. The molecule has 0 saturated carbocycles. The third-order valence-corrected chi connectivity index (χ3v) is 3.25. The van der Waals surface area contributed by atoms with Crippen LogP contribution in [0.25, 0.3) is 0 Å². The summed E-state index contributed by atoms with van der Waals surface area (Å²) in [5.41, 5.74) is 1.21. The predicted octanol–water partition coefficient (Wildman–Crippen LogP) is 2.12. The predicted molar refractivity (Wildman–Crippen MR) is 81.5 cm³/mol. The van der Waals surface area contributed by atoms with Gasteiger partial charge in [0.15, 0.2) is 0 Å². The van der Waals surface area contributed by atoms with E-state index in [1.807, 2.05) is 25.1 Å². The van der Waals surface area contributed by atoms with E-state index in [1.54, 1.807) is 7.11 Å². The van der Waals surface area contributed by atoms with E-state index in [1.165, 1.54) is 5.56 Å². The quantitative estimate of drug-likeness (QED) is 0.716. The minimum absolute atomic E-state index is 0.00336. The van der Waals surface area contributed by atoms with Crippen molar-refractivity contribution < 1.29 is 9.53 Å². The summed E-state index contributed by atoms with van der Waals surface area (Å²) >= 11 is 0. The van der Waals surface area contributed by atoms with Gasteiger partial charge in [-0.1, -0.05) is 44.2 Å². The molecule has 2 N–H and O–H groups in total. The van der Waals surface area contributed by atoms with E-state index in [9.17, 15) is 4.79 Å². The van der Waals surface area contributed by atoms with Crippen molar-refractivity contribution in [3.05, 3.63) is 35.9 Å². The van der Waals surface area contributed by atoms with Crippen molar-refractivity contribution in [3.8, 4) is 0 Å². The lowest BCUT2D eigenvalue weighted by atomic mass is 9.95. The molecule has 1 aromatic rings. The summed E-state index contributed by atoms with van der Waals surface area (Å²) in [6.45, 7) is 7.27. The highest BCUT2D eigenvalue weighted by molar-refractivity contribution is 5.81. The van der Waals surface area contributed by atoms with Crippen LogP contribution >= 0.6 is 0 Å². The van der Waals surface area contributed by atoms with Crippen LogP contribution in [0.1, 0.15) is 32.4 Å². The third-order valence-electron chi connectivity index (χ3n) is 3.25. The Morgan fingerprint density at radius 2 is 1.85 bits per heavy atom. The molecule has 1 amide bonds. The molecule has 1 rings (SSSR count). The Kier molecular flexibility index (Phi) is 7.26. The Bertz CT molecular complexity index is 393. The Morgan fingerprint density at radius 1 is 1.20 bits per heavy atom. The van der Waals surface area contributed by atoms with Crippen LogP contribution < -0.4 is 10.6 Å². The van der Waals surface area contributed by atoms with Crippen molar-refractivity contribution in [1.29, 1.82) is 0 Å². The Balaban J connectivity index is 2.60. The van der Waals surface area contributed by atoms with Crippen LogP contribution in [-0.4, -0.2) is 32.2 Å². The van der Waals surface area contributed by atoms with Crippen LogP contribution in [0.3, 0.4) is 0 Å². The van der Waals surface area contributed by atoms with E-state index >= 15 is 0 Å². The van der Waals surface area contributed by atoms with Crippen LogP contribution in [0.2, 0.25) is 0 Å². The molecular formula is C16H26N2O2. The highest BCUT2D eigenvalue weighted by atomic mass is 16.5. The summed E-state index contributed by atoms with van der Waals surface area (Å²) in [7, 11) is 1.62. The van der Waals surface area contributed by atoms with Gasteiger partial charge in [0.2, 0.25) is 5.91 Å². The van der Waals surface area contributed by atoms with Gasteiger partial charge >= 0.3 is 0 Å². The first kappa shape index (κ1) is 16.7. The zero-order valence-electron chi connectivity index (χ0n) is 12.8. The number of benzene rings is 1. The first-order chi connectivity index (χ1) is 9.56. The van der Waals surface area contributed by atoms with Gasteiger partial charge in [-0.15, -0.1) is 0 Å². The fraction of sp³-hybridized carbons (Fsp3) is 0.562. The van der Waals surface area contributed by atoms with E-state index in [4.69, 9.17) is 4.74 Å². The second-order valence-corrected chi connectivity index (χ2v) is 5.30. The molecule has 0 radical (unpaired) electrons. The molecule has 2 unspecified atom stereocenters. The topological polar surface area (TPSA) is 50.4 Å². The smallest absolute Gasteiger partial charge is 0.236 e. The largest absolute Gasteiger partial charge is 0.383 e. The highest BCUT2D eigenvalue weighted by Crippen LogP contribution is 2.21. The summed E-state index contributed by atoms with van der Waals surface area (Å²) < 4.78 is 4.93. The number of nitrogens with one attached hydrogen (secondary N) is 2. The summed E-state index contributed by atoms with van der Waals surface area (Å²) in [5.74, 6) is 0.412. The minimum atomic E-state index is -0.237. The Hall–Kier alpha value is -1.39. The molecular weight excluding hydrogens is 252 g/mol. The monoisotopic (exact) mass is 278 g/mol. The fourth-order valence-corrected chi connectivity index (χ4v) is 2.11. The number of amides is 1. The summed E-state index contributed by atoms with van der Waals surface area (Å²) in [6, 6.07) is 10.2. The normalized spacial score (nSPS) is 14.1. The second-order valence-electron chi connectivity index (χ2n) is 5.30. The molecule has 1 aromatic carbocycles. The number of carbonyl (C=O) groups is 1. The average molecular weight is 278 g/mol. The van der Waals surface area contributed by atoms with Crippen LogP contribution in [0.15, 0.2) is 30.3 Å². The number of hydrogen-bond acceptors (Lipinski definition) is 3. The first-order valence-corrected chi connectivity index (χ1v) is 7.14. The minimum Gasteiger partial charge on any atom is -0.383 e. The summed E-state index contributed by atoms with van der Waals surface area (Å²) in [4.78, 5) is 12.0. The zero-order valence-corrected chi connectivity index (χ0v) is 12.8. The van der Waals surface area contributed by atoms with Gasteiger partial charge in [-0.25, -0.2) is 0 Å². The number of ether oxygens (including phenoxy) is 1. The van der Waals surface area contributed by atoms with E-state index in [0.29, 0.717) is 19.1 Å². The molecule has 0 aliphatic rings. The number of rotatable bonds is 8.